The van der Waals surface area contributed by atoms with Gasteiger partial charge < -0.3 is 10.4 Å². The molecule has 0 radical (unpaired) electrons. The van der Waals surface area contributed by atoms with Crippen LogP contribution in [-0.2, 0) is 5.60 Å². The minimum Gasteiger partial charge on any atom is -0.379 e. The van der Waals surface area contributed by atoms with E-state index in [0.717, 1.165) is 30.7 Å². The Morgan fingerprint density at radius 2 is 1.25 bits per heavy atom. The van der Waals surface area contributed by atoms with E-state index in [1.54, 1.807) is 0 Å². The third-order valence-electron chi connectivity index (χ3n) is 4.17. The summed E-state index contributed by atoms with van der Waals surface area (Å²) in [5.74, 6) is -3.47. The molecule has 1 fully saturated rings. The molecular formula is C17H16ClF4NO. The lowest BCUT2D eigenvalue weighted by Crippen LogP contribution is -2.46. The molecule has 0 spiro atoms. The molecule has 130 valence electrons. The van der Waals surface area contributed by atoms with E-state index in [1.807, 2.05) is 0 Å². The van der Waals surface area contributed by atoms with Crippen molar-refractivity contribution in [1.82, 2.24) is 5.32 Å². The fraction of sp³-hybridized carbons (Fsp3) is 0.294. The molecule has 2 N–H and O–H groups in total. The molecule has 24 heavy (non-hydrogen) atoms. The summed E-state index contributed by atoms with van der Waals surface area (Å²) in [4.78, 5) is 0. The fourth-order valence-corrected chi connectivity index (χ4v) is 3.16. The van der Waals surface area contributed by atoms with Gasteiger partial charge in [0.15, 0.2) is 0 Å². The maximum Gasteiger partial charge on any atom is 0.130 e. The summed E-state index contributed by atoms with van der Waals surface area (Å²) in [6.07, 6.45) is 1.25. The molecule has 2 aromatic rings. The van der Waals surface area contributed by atoms with Crippen LogP contribution in [0.15, 0.2) is 36.4 Å². The Kier molecular flexibility index (Phi) is 5.52. The SMILES string of the molecule is Cl.OC(c1cc(F)cc(F)c1)(c1cc(F)cc(F)c1)[C@H]1CCCN1. The van der Waals surface area contributed by atoms with Crippen LogP contribution in [0.25, 0.3) is 0 Å². The van der Waals surface area contributed by atoms with Crippen molar-refractivity contribution in [2.24, 2.45) is 0 Å². The van der Waals surface area contributed by atoms with Crippen LogP contribution in [0.5, 0.6) is 0 Å². The molecule has 0 aliphatic carbocycles. The van der Waals surface area contributed by atoms with Crippen LogP contribution in [-0.4, -0.2) is 17.7 Å². The molecule has 3 rings (SSSR count). The van der Waals surface area contributed by atoms with Crippen LogP contribution in [0.2, 0.25) is 0 Å². The molecule has 2 aromatic carbocycles. The van der Waals surface area contributed by atoms with Crippen LogP contribution in [0, 0.1) is 23.3 Å². The highest BCUT2D eigenvalue weighted by Crippen LogP contribution is 2.37. The van der Waals surface area contributed by atoms with Gasteiger partial charge in [0, 0.05) is 18.2 Å². The minimum absolute atomic E-state index is 0. The van der Waals surface area contributed by atoms with Crippen LogP contribution in [0.1, 0.15) is 24.0 Å². The van der Waals surface area contributed by atoms with E-state index < -0.39 is 34.9 Å². The first-order chi connectivity index (χ1) is 10.9. The van der Waals surface area contributed by atoms with Gasteiger partial charge in [-0.1, -0.05) is 0 Å². The summed E-state index contributed by atoms with van der Waals surface area (Å²) in [5.41, 5.74) is -2.11. The average molecular weight is 362 g/mol. The van der Waals surface area contributed by atoms with Gasteiger partial charge in [-0.05, 0) is 54.8 Å². The van der Waals surface area contributed by atoms with Gasteiger partial charge in [-0.3, -0.25) is 0 Å². The number of aliphatic hydroxyl groups is 1. The molecule has 1 atom stereocenters. The summed E-state index contributed by atoms with van der Waals surface area (Å²) >= 11 is 0. The zero-order valence-corrected chi connectivity index (χ0v) is 13.3. The van der Waals surface area contributed by atoms with Crippen LogP contribution < -0.4 is 5.32 Å². The van der Waals surface area contributed by atoms with E-state index in [1.165, 1.54) is 0 Å². The first-order valence-electron chi connectivity index (χ1n) is 7.28. The predicted molar refractivity (Wildman–Crippen MR) is 84.0 cm³/mol. The van der Waals surface area contributed by atoms with Crippen LogP contribution >= 0.6 is 12.4 Å². The van der Waals surface area contributed by atoms with Crippen LogP contribution in [0.3, 0.4) is 0 Å². The maximum atomic E-state index is 13.6. The molecule has 0 amide bonds. The van der Waals surface area contributed by atoms with E-state index in [0.29, 0.717) is 25.1 Å². The number of hydrogen-bond acceptors (Lipinski definition) is 2. The van der Waals surface area contributed by atoms with Gasteiger partial charge in [-0.2, -0.15) is 0 Å². The second kappa shape index (κ2) is 7.09. The smallest absolute Gasteiger partial charge is 0.130 e. The Morgan fingerprint density at radius 3 is 1.58 bits per heavy atom. The second-order valence-corrected chi connectivity index (χ2v) is 5.73. The van der Waals surface area contributed by atoms with Crippen LogP contribution in [0.4, 0.5) is 17.6 Å². The zero-order chi connectivity index (χ0) is 16.6. The predicted octanol–water partition coefficient (Wildman–Crippen LogP) is 3.65. The average Bonchev–Trinajstić information content (AvgIpc) is 2.98. The van der Waals surface area contributed by atoms with E-state index >= 15 is 0 Å². The lowest BCUT2D eigenvalue weighted by molar-refractivity contribution is 0.0430. The highest BCUT2D eigenvalue weighted by atomic mass is 35.5. The number of halogens is 5. The summed E-state index contributed by atoms with van der Waals surface area (Å²) in [5, 5.41) is 14.3. The summed E-state index contributed by atoms with van der Waals surface area (Å²) in [6, 6.07) is 4.66. The first-order valence-corrected chi connectivity index (χ1v) is 7.28. The Balaban J connectivity index is 0.00000208. The molecule has 1 saturated heterocycles. The molecule has 2 nitrogen and oxygen atoms in total. The Labute approximate surface area is 142 Å². The molecule has 0 aromatic heterocycles. The van der Waals surface area contributed by atoms with Gasteiger partial charge in [0.1, 0.15) is 28.9 Å². The van der Waals surface area contributed by atoms with Crippen molar-refractivity contribution in [1.29, 1.82) is 0 Å². The number of benzene rings is 2. The van der Waals surface area contributed by atoms with Crippen molar-refractivity contribution in [3.8, 4) is 0 Å². The van der Waals surface area contributed by atoms with E-state index in [4.69, 9.17) is 0 Å². The Morgan fingerprint density at radius 1 is 0.833 bits per heavy atom. The summed E-state index contributed by atoms with van der Waals surface area (Å²) in [6.45, 7) is 0.600. The number of hydrogen-bond donors (Lipinski definition) is 2. The molecule has 0 bridgehead atoms. The Hall–Kier alpha value is -1.63. The first kappa shape index (κ1) is 18.7. The van der Waals surface area contributed by atoms with Crippen molar-refractivity contribution < 1.29 is 22.7 Å². The maximum absolute atomic E-state index is 13.6. The van der Waals surface area contributed by atoms with Crippen molar-refractivity contribution in [2.75, 3.05) is 6.54 Å². The Bertz CT molecular complexity index is 643. The summed E-state index contributed by atoms with van der Waals surface area (Å²) in [7, 11) is 0. The quantitative estimate of drug-likeness (QED) is 0.818. The third-order valence-corrected chi connectivity index (χ3v) is 4.17. The highest BCUT2D eigenvalue weighted by Gasteiger charge is 2.42. The van der Waals surface area contributed by atoms with Crippen molar-refractivity contribution in [3.63, 3.8) is 0 Å². The molecule has 1 aliphatic heterocycles. The normalized spacial score (nSPS) is 17.6. The monoisotopic (exact) mass is 361 g/mol. The summed E-state index contributed by atoms with van der Waals surface area (Å²) < 4.78 is 54.4. The van der Waals surface area contributed by atoms with Gasteiger partial charge in [0.05, 0.1) is 0 Å². The number of rotatable bonds is 3. The molecule has 7 heteroatoms. The van der Waals surface area contributed by atoms with Gasteiger partial charge in [-0.25, -0.2) is 17.6 Å². The van der Waals surface area contributed by atoms with Gasteiger partial charge in [0.2, 0.25) is 0 Å². The van der Waals surface area contributed by atoms with Crippen molar-refractivity contribution in [3.05, 3.63) is 70.8 Å². The van der Waals surface area contributed by atoms with E-state index in [-0.39, 0.29) is 23.5 Å². The van der Waals surface area contributed by atoms with E-state index in [2.05, 4.69) is 5.32 Å². The lowest BCUT2D eigenvalue weighted by atomic mass is 9.79. The highest BCUT2D eigenvalue weighted by molar-refractivity contribution is 5.85. The molecule has 1 aliphatic rings. The standard InChI is InChI=1S/C17H15F4NO.ClH/c18-12-4-10(5-13(19)8-12)17(23,16-2-1-3-22-16)11-6-14(20)9-15(21)7-11;/h4-9,16,22-23H,1-3H2;1H/t16-;/m1./s1. The van der Waals surface area contributed by atoms with Gasteiger partial charge in [0.25, 0.3) is 0 Å². The largest absolute Gasteiger partial charge is 0.379 e. The van der Waals surface area contributed by atoms with Crippen molar-refractivity contribution in [2.45, 2.75) is 24.5 Å². The lowest BCUT2D eigenvalue weighted by Gasteiger charge is -2.35. The zero-order valence-electron chi connectivity index (χ0n) is 12.5. The molecule has 0 saturated carbocycles. The fourth-order valence-electron chi connectivity index (χ4n) is 3.16. The third kappa shape index (κ3) is 3.41. The minimum atomic E-state index is -1.94. The van der Waals surface area contributed by atoms with Gasteiger partial charge >= 0.3 is 0 Å². The topological polar surface area (TPSA) is 32.3 Å². The van der Waals surface area contributed by atoms with E-state index in [9.17, 15) is 22.7 Å². The van der Waals surface area contributed by atoms with Gasteiger partial charge in [-0.15, -0.1) is 12.4 Å². The molecule has 0 unspecified atom stereocenters. The second-order valence-electron chi connectivity index (χ2n) is 5.73. The van der Waals surface area contributed by atoms with Crippen molar-refractivity contribution >= 4 is 12.4 Å². The number of nitrogens with one attached hydrogen (secondary N) is 1. The molecule has 1 heterocycles. The molecular weight excluding hydrogens is 346 g/mol.